The van der Waals surface area contributed by atoms with E-state index in [0.29, 0.717) is 12.1 Å². The summed E-state index contributed by atoms with van der Waals surface area (Å²) in [5.41, 5.74) is 8.49. The minimum Gasteiger partial charge on any atom is -0.346 e. The number of hydrogen-bond donors (Lipinski definition) is 1. The molecule has 4 nitrogen and oxygen atoms in total. The lowest BCUT2D eigenvalue weighted by atomic mass is 9.87. The molecular weight excluding hydrogens is 335 g/mol. The topological polar surface area (TPSA) is 44.4 Å². The molecule has 6 heteroatoms. The average molecular weight is 351 g/mol. The first kappa shape index (κ1) is 14.4. The highest BCUT2D eigenvalue weighted by Gasteiger charge is 2.43. The van der Waals surface area contributed by atoms with Crippen molar-refractivity contribution in [1.29, 1.82) is 5.53 Å². The van der Waals surface area contributed by atoms with Gasteiger partial charge in [-0.1, -0.05) is 15.9 Å². The summed E-state index contributed by atoms with van der Waals surface area (Å²) in [6.45, 7) is 2.60. The summed E-state index contributed by atoms with van der Waals surface area (Å²) >= 11 is 3.41. The fourth-order valence-electron chi connectivity index (χ4n) is 3.06. The Hall–Kier alpha value is -1.53. The Balaban J connectivity index is 2.17. The second-order valence-corrected chi connectivity index (χ2v) is 6.49. The van der Waals surface area contributed by atoms with Gasteiger partial charge in [-0.05, 0) is 44.3 Å². The summed E-state index contributed by atoms with van der Waals surface area (Å²) in [5, 5.41) is 3.74. The maximum atomic E-state index is 14.4. The van der Waals surface area contributed by atoms with Gasteiger partial charge in [0.25, 0.3) is 0 Å². The minimum atomic E-state index is -0.574. The fourth-order valence-corrected chi connectivity index (χ4v) is 3.42. The molecule has 1 aromatic carbocycles. The van der Waals surface area contributed by atoms with E-state index < -0.39 is 11.7 Å². The van der Waals surface area contributed by atoms with Gasteiger partial charge in [-0.2, -0.15) is 5.11 Å². The Bertz CT molecular complexity index is 699. The predicted octanol–water partition coefficient (Wildman–Crippen LogP) is 4.28. The number of fused-ring (bicyclic) bond motifs is 1. The normalized spacial score (nSPS) is 25.6. The molecule has 0 spiro atoms. The van der Waals surface area contributed by atoms with E-state index in [-0.39, 0.29) is 5.82 Å². The van der Waals surface area contributed by atoms with Crippen molar-refractivity contribution in [1.82, 2.24) is 9.47 Å². The van der Waals surface area contributed by atoms with Crippen LogP contribution >= 0.6 is 15.9 Å². The zero-order chi connectivity index (χ0) is 15.2. The molecule has 110 valence electrons. The van der Waals surface area contributed by atoms with Crippen molar-refractivity contribution in [3.8, 4) is 0 Å². The molecule has 1 N–H and O–H groups in total. The molecule has 0 bridgehead atoms. The monoisotopic (exact) mass is 350 g/mol. The second-order valence-electron chi connectivity index (χ2n) is 5.57. The van der Waals surface area contributed by atoms with E-state index >= 15 is 0 Å². The third-order valence-electron chi connectivity index (χ3n) is 4.38. The molecule has 0 fully saturated rings. The number of rotatable bonds is 2. The summed E-state index contributed by atoms with van der Waals surface area (Å²) in [4.78, 5) is 1.96. The quantitative estimate of drug-likeness (QED) is 0.807. The molecule has 1 aromatic heterocycles. The van der Waals surface area contributed by atoms with Crippen molar-refractivity contribution in [3.05, 3.63) is 58.1 Å². The van der Waals surface area contributed by atoms with E-state index in [1.54, 1.807) is 12.1 Å². The van der Waals surface area contributed by atoms with Crippen LogP contribution in [0.15, 0.2) is 46.1 Å². The van der Waals surface area contributed by atoms with Gasteiger partial charge >= 0.3 is 0 Å². The van der Waals surface area contributed by atoms with Crippen LogP contribution in [0.1, 0.15) is 24.3 Å². The van der Waals surface area contributed by atoms with Crippen LogP contribution in [0.25, 0.3) is 0 Å². The van der Waals surface area contributed by atoms with Gasteiger partial charge in [0.2, 0.25) is 0 Å². The van der Waals surface area contributed by atoms with Crippen molar-refractivity contribution >= 4 is 15.9 Å². The second kappa shape index (κ2) is 5.03. The van der Waals surface area contributed by atoms with Gasteiger partial charge in [0.05, 0.1) is 11.2 Å². The highest BCUT2D eigenvalue weighted by molar-refractivity contribution is 9.10. The number of halogens is 2. The average Bonchev–Trinajstić information content (AvgIpc) is 2.90. The van der Waals surface area contributed by atoms with Crippen molar-refractivity contribution < 1.29 is 4.39 Å². The van der Waals surface area contributed by atoms with E-state index in [9.17, 15) is 4.39 Å². The van der Waals surface area contributed by atoms with Crippen LogP contribution in [0, 0.1) is 11.3 Å². The summed E-state index contributed by atoms with van der Waals surface area (Å²) < 4.78 is 17.3. The Morgan fingerprint density at radius 3 is 2.90 bits per heavy atom. The molecule has 0 saturated heterocycles. The van der Waals surface area contributed by atoms with Crippen LogP contribution in [-0.2, 0) is 12.1 Å². The minimum absolute atomic E-state index is 0.244. The molecule has 2 heterocycles. The lowest BCUT2D eigenvalue weighted by molar-refractivity contribution is 0.0334. The molecule has 1 aliphatic rings. The lowest BCUT2D eigenvalue weighted by Gasteiger charge is -2.46. The first-order valence-corrected chi connectivity index (χ1v) is 7.47. The molecule has 0 saturated carbocycles. The Labute approximate surface area is 131 Å². The van der Waals surface area contributed by atoms with Gasteiger partial charge in [-0.15, -0.1) is 0 Å². The fraction of sp³-hybridized carbons (Fsp3) is 0.333. The molecule has 0 aliphatic carbocycles. The summed E-state index contributed by atoms with van der Waals surface area (Å²) in [6.07, 6.45) is 1.55. The first-order chi connectivity index (χ1) is 9.97. The van der Waals surface area contributed by atoms with E-state index in [0.717, 1.165) is 10.2 Å². The molecule has 21 heavy (non-hydrogen) atoms. The molecular formula is C15H16BrFN4. The predicted molar refractivity (Wildman–Crippen MR) is 81.5 cm³/mol. The Morgan fingerprint density at radius 1 is 1.43 bits per heavy atom. The van der Waals surface area contributed by atoms with Crippen LogP contribution in [0.5, 0.6) is 0 Å². The number of hydrogen-bond acceptors (Lipinski definition) is 3. The van der Waals surface area contributed by atoms with Crippen LogP contribution < -0.4 is 0 Å². The number of likely N-dealkylation sites (N-methyl/N-ethyl adjacent to an activating group) is 1. The van der Waals surface area contributed by atoms with Gasteiger partial charge in [0.1, 0.15) is 5.82 Å². The van der Waals surface area contributed by atoms with Crippen molar-refractivity contribution in [2.75, 3.05) is 7.05 Å². The number of nitrogens with zero attached hydrogens (tertiary/aromatic N) is 3. The van der Waals surface area contributed by atoms with E-state index in [2.05, 4.69) is 21.0 Å². The van der Waals surface area contributed by atoms with Crippen molar-refractivity contribution in [2.24, 2.45) is 5.11 Å². The summed E-state index contributed by atoms with van der Waals surface area (Å²) in [5.74, 6) is -0.244. The lowest BCUT2D eigenvalue weighted by Crippen LogP contribution is -2.50. The van der Waals surface area contributed by atoms with Crippen LogP contribution in [0.4, 0.5) is 4.39 Å². The maximum absolute atomic E-state index is 14.4. The van der Waals surface area contributed by atoms with Gasteiger partial charge in [-0.25, -0.2) is 9.92 Å². The number of nitrogens with one attached hydrogen (secondary N) is 1. The van der Waals surface area contributed by atoms with Gasteiger partial charge in [0, 0.05) is 22.8 Å². The van der Waals surface area contributed by atoms with Crippen LogP contribution in [0.3, 0.4) is 0 Å². The number of aromatic nitrogens is 1. The van der Waals surface area contributed by atoms with Gasteiger partial charge in [-0.3, -0.25) is 4.90 Å². The smallest absolute Gasteiger partial charge is 0.164 e. The molecule has 3 rings (SSSR count). The molecule has 0 amide bonds. The highest BCUT2D eigenvalue weighted by Crippen LogP contribution is 2.42. The van der Waals surface area contributed by atoms with Crippen LogP contribution in [0.2, 0.25) is 0 Å². The molecule has 1 aliphatic heterocycles. The molecule has 2 aromatic rings. The Kier molecular flexibility index (Phi) is 3.45. The third kappa shape index (κ3) is 2.13. The van der Waals surface area contributed by atoms with E-state index in [1.165, 1.54) is 6.07 Å². The van der Waals surface area contributed by atoms with E-state index in [4.69, 9.17) is 5.53 Å². The molecule has 2 atom stereocenters. The largest absolute Gasteiger partial charge is 0.346 e. The maximum Gasteiger partial charge on any atom is 0.164 e. The summed E-state index contributed by atoms with van der Waals surface area (Å²) in [7, 11) is 1.89. The standard InChI is InChI=1S/C15H16BrFN4/c1-15(11-8-10(16)5-6-12(11)17)9-21-7-3-4-13(21)14(19-18)20(15)2/h3-8,14,18H,9H2,1-2H3. The van der Waals surface area contributed by atoms with Gasteiger partial charge < -0.3 is 4.57 Å². The van der Waals surface area contributed by atoms with Gasteiger partial charge in [0.15, 0.2) is 6.17 Å². The highest BCUT2D eigenvalue weighted by atomic mass is 79.9. The van der Waals surface area contributed by atoms with Crippen LogP contribution in [-0.4, -0.2) is 16.5 Å². The zero-order valence-corrected chi connectivity index (χ0v) is 13.4. The molecule has 2 unspecified atom stereocenters. The SMILES string of the molecule is CN1C(N=N)c2cccn2CC1(C)c1cc(Br)ccc1F. The van der Waals surface area contributed by atoms with E-state index in [1.807, 2.05) is 41.8 Å². The first-order valence-electron chi connectivity index (χ1n) is 6.67. The van der Waals surface area contributed by atoms with Crippen molar-refractivity contribution in [3.63, 3.8) is 0 Å². The summed E-state index contributed by atoms with van der Waals surface area (Å²) in [6, 6.07) is 8.86. The number of benzene rings is 1. The molecule has 0 radical (unpaired) electrons. The Morgan fingerprint density at radius 2 is 2.19 bits per heavy atom. The zero-order valence-electron chi connectivity index (χ0n) is 11.8. The van der Waals surface area contributed by atoms with Crippen molar-refractivity contribution in [2.45, 2.75) is 25.2 Å². The third-order valence-corrected chi connectivity index (χ3v) is 4.88.